The van der Waals surface area contributed by atoms with Crippen LogP contribution in [0.15, 0.2) is 24.3 Å². The van der Waals surface area contributed by atoms with E-state index in [2.05, 4.69) is 0 Å². The molecule has 4 heteroatoms. The van der Waals surface area contributed by atoms with Crippen LogP contribution in [0.2, 0.25) is 5.02 Å². The molecule has 0 bridgehead atoms. The van der Waals surface area contributed by atoms with Crippen molar-refractivity contribution in [2.45, 2.75) is 19.8 Å². The van der Waals surface area contributed by atoms with Crippen LogP contribution in [0.4, 0.5) is 0 Å². The van der Waals surface area contributed by atoms with E-state index in [1.165, 1.54) is 6.08 Å². The van der Waals surface area contributed by atoms with Gasteiger partial charge in [0.1, 0.15) is 5.75 Å². The minimum atomic E-state index is -0.944. The first-order chi connectivity index (χ1) is 8.08. The van der Waals surface area contributed by atoms with Gasteiger partial charge in [0.25, 0.3) is 0 Å². The predicted octanol–water partition coefficient (Wildman–Crippen LogP) is 3.62. The highest BCUT2D eigenvalue weighted by atomic mass is 35.5. The lowest BCUT2D eigenvalue weighted by Gasteiger charge is -2.08. The summed E-state index contributed by atoms with van der Waals surface area (Å²) >= 11 is 6.01. The average molecular weight is 255 g/mol. The molecule has 17 heavy (non-hydrogen) atoms. The minimum Gasteiger partial charge on any atom is -0.495 e. The molecule has 3 nitrogen and oxygen atoms in total. The number of benzene rings is 1. The number of methoxy groups -OCH3 is 1. The molecule has 92 valence electrons. The summed E-state index contributed by atoms with van der Waals surface area (Å²) in [5, 5.41) is 9.29. The fraction of sp³-hybridized carbons (Fsp3) is 0.308. The lowest BCUT2D eigenvalue weighted by Crippen LogP contribution is -1.93. The molecule has 0 aliphatic carbocycles. The number of carboxylic acids is 1. The number of rotatable bonds is 5. The predicted molar refractivity (Wildman–Crippen MR) is 68.5 cm³/mol. The maximum atomic E-state index is 10.7. The van der Waals surface area contributed by atoms with E-state index in [1.807, 2.05) is 13.0 Å². The third-order valence-corrected chi connectivity index (χ3v) is 2.63. The Labute approximate surface area is 106 Å². The zero-order chi connectivity index (χ0) is 12.8. The summed E-state index contributed by atoms with van der Waals surface area (Å²) in [7, 11) is 1.54. The largest absolute Gasteiger partial charge is 0.495 e. The number of hydrogen-bond acceptors (Lipinski definition) is 2. The Kier molecular flexibility index (Phi) is 5.04. The van der Waals surface area contributed by atoms with E-state index in [0.29, 0.717) is 17.2 Å². The summed E-state index contributed by atoms with van der Waals surface area (Å²) in [4.78, 5) is 10.7. The second-order valence-corrected chi connectivity index (χ2v) is 4.01. The second-order valence-electron chi connectivity index (χ2n) is 3.61. The van der Waals surface area contributed by atoms with Gasteiger partial charge in [-0.2, -0.15) is 0 Å². The number of halogens is 1. The van der Waals surface area contributed by atoms with Gasteiger partial charge in [-0.15, -0.1) is 0 Å². The molecule has 0 amide bonds. The Morgan fingerprint density at radius 3 is 2.71 bits per heavy atom. The van der Waals surface area contributed by atoms with Crippen molar-refractivity contribution in [3.05, 3.63) is 34.9 Å². The van der Waals surface area contributed by atoms with Gasteiger partial charge in [-0.3, -0.25) is 0 Å². The first-order valence-electron chi connectivity index (χ1n) is 5.36. The Morgan fingerprint density at radius 1 is 1.53 bits per heavy atom. The van der Waals surface area contributed by atoms with Gasteiger partial charge in [0.15, 0.2) is 0 Å². The molecule has 0 saturated heterocycles. The van der Waals surface area contributed by atoms with Crippen LogP contribution in [-0.4, -0.2) is 18.2 Å². The highest BCUT2D eigenvalue weighted by Crippen LogP contribution is 2.29. The number of carbonyl (C=O) groups is 1. The Hall–Kier alpha value is -1.48. The Bertz CT molecular complexity index is 438. The van der Waals surface area contributed by atoms with Crippen molar-refractivity contribution in [2.24, 2.45) is 0 Å². The molecule has 0 radical (unpaired) electrons. The molecule has 0 heterocycles. The molecule has 0 saturated carbocycles. The fourth-order valence-electron chi connectivity index (χ4n) is 1.58. The van der Waals surface area contributed by atoms with E-state index in [0.717, 1.165) is 17.6 Å². The van der Waals surface area contributed by atoms with Crippen LogP contribution in [0.1, 0.15) is 25.3 Å². The van der Waals surface area contributed by atoms with Crippen LogP contribution >= 0.6 is 11.6 Å². The van der Waals surface area contributed by atoms with E-state index < -0.39 is 5.97 Å². The van der Waals surface area contributed by atoms with Crippen LogP contribution in [0.25, 0.3) is 5.57 Å². The Morgan fingerprint density at radius 2 is 2.24 bits per heavy atom. The standard InChI is InChI=1S/C13H15ClO3/c1-3-4-9(8-13(15)16)10-5-6-12(17-2)11(14)7-10/h5-8H,3-4H2,1-2H3,(H,15,16)/b9-8+. The first-order valence-corrected chi connectivity index (χ1v) is 5.73. The second kappa shape index (κ2) is 6.30. The quantitative estimate of drug-likeness (QED) is 0.817. The molecule has 0 aliphatic rings. The molecule has 1 N–H and O–H groups in total. The third kappa shape index (κ3) is 3.79. The highest BCUT2D eigenvalue weighted by Gasteiger charge is 2.07. The maximum absolute atomic E-state index is 10.7. The molecule has 0 atom stereocenters. The van der Waals surface area contributed by atoms with E-state index in [4.69, 9.17) is 21.4 Å². The number of carboxylic acid groups (broad SMARTS) is 1. The summed E-state index contributed by atoms with van der Waals surface area (Å²) in [6.45, 7) is 2.00. The minimum absolute atomic E-state index is 0.484. The molecule has 0 aromatic heterocycles. The van der Waals surface area contributed by atoms with Gasteiger partial charge in [0.2, 0.25) is 0 Å². The lowest BCUT2D eigenvalue weighted by molar-refractivity contribution is -0.131. The third-order valence-electron chi connectivity index (χ3n) is 2.34. The smallest absolute Gasteiger partial charge is 0.328 e. The number of hydrogen-bond donors (Lipinski definition) is 1. The van der Waals surface area contributed by atoms with Crippen molar-refractivity contribution in [3.8, 4) is 5.75 Å². The SMILES string of the molecule is CCC/C(=C\C(=O)O)c1ccc(OC)c(Cl)c1. The van der Waals surface area contributed by atoms with Crippen molar-refractivity contribution in [2.75, 3.05) is 7.11 Å². The molecule has 0 aliphatic heterocycles. The van der Waals surface area contributed by atoms with Crippen molar-refractivity contribution in [3.63, 3.8) is 0 Å². The fourth-order valence-corrected chi connectivity index (χ4v) is 1.84. The van der Waals surface area contributed by atoms with Crippen LogP contribution in [0, 0.1) is 0 Å². The van der Waals surface area contributed by atoms with Crippen LogP contribution < -0.4 is 4.74 Å². The molecular weight excluding hydrogens is 240 g/mol. The molecule has 0 spiro atoms. The number of aliphatic carboxylic acids is 1. The van der Waals surface area contributed by atoms with E-state index >= 15 is 0 Å². The van der Waals surface area contributed by atoms with E-state index in [9.17, 15) is 4.79 Å². The van der Waals surface area contributed by atoms with Gasteiger partial charge in [0, 0.05) is 6.08 Å². The maximum Gasteiger partial charge on any atom is 0.328 e. The normalized spacial score (nSPS) is 11.4. The number of allylic oxidation sites excluding steroid dienone is 1. The molecule has 0 unspecified atom stereocenters. The van der Waals surface area contributed by atoms with E-state index in [-0.39, 0.29) is 0 Å². The summed E-state index contributed by atoms with van der Waals surface area (Å²) in [6, 6.07) is 5.28. The zero-order valence-corrected chi connectivity index (χ0v) is 10.6. The molecule has 1 aromatic carbocycles. The van der Waals surface area contributed by atoms with Gasteiger partial charge in [-0.25, -0.2) is 4.79 Å². The monoisotopic (exact) mass is 254 g/mol. The first kappa shape index (κ1) is 13.6. The summed E-state index contributed by atoms with van der Waals surface area (Å²) < 4.78 is 5.05. The molecule has 0 fully saturated rings. The van der Waals surface area contributed by atoms with Gasteiger partial charge in [-0.1, -0.05) is 31.0 Å². The van der Waals surface area contributed by atoms with Crippen LogP contribution in [0.3, 0.4) is 0 Å². The van der Waals surface area contributed by atoms with Crippen molar-refractivity contribution >= 4 is 23.1 Å². The van der Waals surface area contributed by atoms with Crippen molar-refractivity contribution in [1.29, 1.82) is 0 Å². The summed E-state index contributed by atoms with van der Waals surface area (Å²) in [5.74, 6) is -0.359. The van der Waals surface area contributed by atoms with Crippen molar-refractivity contribution in [1.82, 2.24) is 0 Å². The number of ether oxygens (including phenoxy) is 1. The molecule has 1 rings (SSSR count). The average Bonchev–Trinajstić information content (AvgIpc) is 2.28. The zero-order valence-electron chi connectivity index (χ0n) is 9.87. The van der Waals surface area contributed by atoms with Crippen LogP contribution in [0.5, 0.6) is 5.75 Å². The Balaban J connectivity index is 3.11. The van der Waals surface area contributed by atoms with Gasteiger partial charge >= 0.3 is 5.97 Å². The molecular formula is C13H15ClO3. The van der Waals surface area contributed by atoms with Gasteiger partial charge in [-0.05, 0) is 29.7 Å². The molecule has 1 aromatic rings. The summed E-state index contributed by atoms with van der Waals surface area (Å²) in [5.41, 5.74) is 1.59. The topological polar surface area (TPSA) is 46.5 Å². The van der Waals surface area contributed by atoms with Crippen molar-refractivity contribution < 1.29 is 14.6 Å². The lowest BCUT2D eigenvalue weighted by atomic mass is 10.0. The summed E-state index contributed by atoms with van der Waals surface area (Å²) in [6.07, 6.45) is 2.80. The van der Waals surface area contributed by atoms with Gasteiger partial charge < -0.3 is 9.84 Å². The van der Waals surface area contributed by atoms with E-state index in [1.54, 1.807) is 19.2 Å². The van der Waals surface area contributed by atoms with Gasteiger partial charge in [0.05, 0.1) is 12.1 Å². The van der Waals surface area contributed by atoms with Crippen LogP contribution in [-0.2, 0) is 4.79 Å². The highest BCUT2D eigenvalue weighted by molar-refractivity contribution is 6.32.